The zero-order valence-electron chi connectivity index (χ0n) is 17.7. The van der Waals surface area contributed by atoms with Crippen LogP contribution < -0.4 is 4.74 Å². The Morgan fingerprint density at radius 2 is 1.59 bits per heavy atom. The van der Waals surface area contributed by atoms with Gasteiger partial charge in [0.1, 0.15) is 11.9 Å². The number of halogens is 1. The number of hydrogen-bond donors (Lipinski definition) is 0. The fourth-order valence-electron chi connectivity index (χ4n) is 3.78. The number of amides is 1. The molecule has 4 rings (SSSR count). The highest BCUT2D eigenvalue weighted by molar-refractivity contribution is 7.90. The van der Waals surface area contributed by atoms with E-state index < -0.39 is 9.84 Å². The highest BCUT2D eigenvalue weighted by Gasteiger charge is 2.24. The summed E-state index contributed by atoms with van der Waals surface area (Å²) in [5, 5.41) is 0.673. The number of nitrogens with zero attached hydrogens (tertiary/aromatic N) is 1. The first-order chi connectivity index (χ1) is 15.3. The van der Waals surface area contributed by atoms with Gasteiger partial charge in [0, 0.05) is 42.8 Å². The largest absolute Gasteiger partial charge is 0.490 e. The molecule has 0 aromatic heterocycles. The molecule has 0 N–H and O–H groups in total. The number of sulfone groups is 1. The van der Waals surface area contributed by atoms with Crippen molar-refractivity contribution in [2.45, 2.75) is 23.8 Å². The van der Waals surface area contributed by atoms with Crippen LogP contribution in [0.15, 0.2) is 77.7 Å². The Morgan fingerprint density at radius 3 is 2.22 bits per heavy atom. The second-order valence-electron chi connectivity index (χ2n) is 7.94. The fraction of sp³-hybridized carbons (Fsp3) is 0.240. The van der Waals surface area contributed by atoms with Crippen molar-refractivity contribution in [3.05, 3.63) is 83.4 Å². The maximum absolute atomic E-state index is 12.9. The highest BCUT2D eigenvalue weighted by atomic mass is 35.5. The van der Waals surface area contributed by atoms with Crippen molar-refractivity contribution in [2.75, 3.05) is 19.3 Å². The van der Waals surface area contributed by atoms with Crippen LogP contribution in [0.1, 0.15) is 23.2 Å². The van der Waals surface area contributed by atoms with Crippen molar-refractivity contribution in [2.24, 2.45) is 0 Å². The average Bonchev–Trinajstić information content (AvgIpc) is 2.80. The lowest BCUT2D eigenvalue weighted by Gasteiger charge is -2.32. The molecular weight excluding hydrogens is 446 g/mol. The minimum Gasteiger partial charge on any atom is -0.490 e. The maximum atomic E-state index is 12.9. The summed E-state index contributed by atoms with van der Waals surface area (Å²) in [5.74, 6) is 0.779. The first-order valence-electron chi connectivity index (χ1n) is 10.4. The van der Waals surface area contributed by atoms with Crippen LogP contribution >= 0.6 is 11.6 Å². The van der Waals surface area contributed by atoms with Crippen LogP contribution in [0, 0.1) is 0 Å². The Labute approximate surface area is 193 Å². The molecule has 3 aromatic rings. The number of carbonyl (C=O) groups excluding carboxylic acids is 1. The Kier molecular flexibility index (Phi) is 6.53. The van der Waals surface area contributed by atoms with Gasteiger partial charge in [-0.05, 0) is 59.7 Å². The quantitative estimate of drug-likeness (QED) is 0.521. The third-order valence-corrected chi connectivity index (χ3v) is 6.94. The van der Waals surface area contributed by atoms with Crippen molar-refractivity contribution in [3.63, 3.8) is 0 Å². The number of hydrogen-bond acceptors (Lipinski definition) is 4. The lowest BCUT2D eigenvalue weighted by Crippen LogP contribution is -2.41. The molecule has 3 aromatic carbocycles. The molecule has 1 heterocycles. The van der Waals surface area contributed by atoms with Crippen LogP contribution in [0.2, 0.25) is 5.02 Å². The van der Waals surface area contributed by atoms with Gasteiger partial charge in [0.15, 0.2) is 9.84 Å². The van der Waals surface area contributed by atoms with Crippen molar-refractivity contribution in [1.82, 2.24) is 4.90 Å². The van der Waals surface area contributed by atoms with Gasteiger partial charge >= 0.3 is 0 Å². The summed E-state index contributed by atoms with van der Waals surface area (Å²) < 4.78 is 29.6. The van der Waals surface area contributed by atoms with Gasteiger partial charge in [-0.3, -0.25) is 4.79 Å². The van der Waals surface area contributed by atoms with Crippen molar-refractivity contribution in [1.29, 1.82) is 0 Å². The van der Waals surface area contributed by atoms with Crippen molar-refractivity contribution >= 4 is 27.3 Å². The second-order valence-corrected chi connectivity index (χ2v) is 10.4. The Bertz CT molecular complexity index is 1200. The van der Waals surface area contributed by atoms with Gasteiger partial charge in [-0.1, -0.05) is 35.9 Å². The standard InChI is InChI=1S/C25H24ClNO4S/c1-32(29,30)24-4-2-3-20(17-24)18-5-7-19(8-6-18)25(28)27-15-13-23(14-16-27)31-22-11-9-21(26)10-12-22/h2-12,17,23H,13-16H2,1H3. The normalized spacial score (nSPS) is 14.9. The SMILES string of the molecule is CS(=O)(=O)c1cccc(-c2ccc(C(=O)N3CCC(Oc4ccc(Cl)cc4)CC3)cc2)c1. The van der Waals surface area contributed by atoms with E-state index in [1.54, 1.807) is 42.5 Å². The van der Waals surface area contributed by atoms with E-state index in [4.69, 9.17) is 16.3 Å². The Hall–Kier alpha value is -2.83. The lowest BCUT2D eigenvalue weighted by atomic mass is 10.0. The van der Waals surface area contributed by atoms with Gasteiger partial charge in [0.25, 0.3) is 5.91 Å². The van der Waals surface area contributed by atoms with E-state index in [0.717, 1.165) is 29.7 Å². The number of rotatable bonds is 5. The van der Waals surface area contributed by atoms with E-state index in [2.05, 4.69) is 0 Å². The van der Waals surface area contributed by atoms with Crippen LogP contribution in [-0.2, 0) is 9.84 Å². The Morgan fingerprint density at radius 1 is 0.938 bits per heavy atom. The van der Waals surface area contributed by atoms with Crippen LogP contribution in [-0.4, -0.2) is 44.7 Å². The first kappa shape index (κ1) is 22.4. The molecule has 0 saturated carbocycles. The predicted octanol–water partition coefficient (Wildman–Crippen LogP) is 5.09. The van der Waals surface area contributed by atoms with Crippen LogP contribution in [0.4, 0.5) is 0 Å². The van der Waals surface area contributed by atoms with E-state index in [1.165, 1.54) is 6.26 Å². The molecule has 0 spiro atoms. The van der Waals surface area contributed by atoms with E-state index in [0.29, 0.717) is 23.7 Å². The van der Waals surface area contributed by atoms with Crippen LogP contribution in [0.3, 0.4) is 0 Å². The molecule has 5 nitrogen and oxygen atoms in total. The van der Waals surface area contributed by atoms with Gasteiger partial charge in [-0.15, -0.1) is 0 Å². The summed E-state index contributed by atoms with van der Waals surface area (Å²) in [6.07, 6.45) is 2.80. The number of likely N-dealkylation sites (tertiary alicyclic amines) is 1. The molecule has 0 unspecified atom stereocenters. The van der Waals surface area contributed by atoms with Crippen molar-refractivity contribution in [3.8, 4) is 16.9 Å². The number of benzene rings is 3. The summed E-state index contributed by atoms with van der Waals surface area (Å²) >= 11 is 5.91. The lowest BCUT2D eigenvalue weighted by molar-refractivity contribution is 0.0595. The molecule has 0 aliphatic carbocycles. The zero-order valence-corrected chi connectivity index (χ0v) is 19.3. The van der Waals surface area contributed by atoms with Crippen LogP contribution in [0.25, 0.3) is 11.1 Å². The van der Waals surface area contributed by atoms with E-state index in [1.807, 2.05) is 35.2 Å². The summed E-state index contributed by atoms with van der Waals surface area (Å²) in [6.45, 7) is 1.27. The molecule has 0 radical (unpaired) electrons. The fourth-order valence-corrected chi connectivity index (χ4v) is 4.57. The third-order valence-electron chi connectivity index (χ3n) is 5.57. The molecule has 1 fully saturated rings. The van der Waals surface area contributed by atoms with Gasteiger partial charge < -0.3 is 9.64 Å². The molecule has 32 heavy (non-hydrogen) atoms. The number of piperidine rings is 1. The molecule has 0 bridgehead atoms. The van der Waals surface area contributed by atoms with Crippen molar-refractivity contribution < 1.29 is 17.9 Å². The van der Waals surface area contributed by atoms with Gasteiger partial charge in [-0.25, -0.2) is 8.42 Å². The summed E-state index contributed by atoms with van der Waals surface area (Å²) in [4.78, 5) is 15.1. The van der Waals surface area contributed by atoms with E-state index in [9.17, 15) is 13.2 Å². The molecule has 1 amide bonds. The Balaban J connectivity index is 1.38. The van der Waals surface area contributed by atoms with Crippen LogP contribution in [0.5, 0.6) is 5.75 Å². The molecule has 7 heteroatoms. The van der Waals surface area contributed by atoms with Gasteiger partial charge in [0.05, 0.1) is 4.90 Å². The monoisotopic (exact) mass is 469 g/mol. The summed E-state index contributed by atoms with van der Waals surface area (Å²) in [7, 11) is -3.27. The molecular formula is C25H24ClNO4S. The molecule has 166 valence electrons. The molecule has 1 aliphatic heterocycles. The molecule has 1 saturated heterocycles. The number of carbonyl (C=O) groups is 1. The minimum atomic E-state index is -3.27. The van der Waals surface area contributed by atoms with Gasteiger partial charge in [0.2, 0.25) is 0 Å². The number of ether oxygens (including phenoxy) is 1. The van der Waals surface area contributed by atoms with Gasteiger partial charge in [-0.2, -0.15) is 0 Å². The molecule has 1 aliphatic rings. The third kappa shape index (κ3) is 5.31. The topological polar surface area (TPSA) is 63.7 Å². The zero-order chi connectivity index (χ0) is 22.7. The van der Waals surface area contributed by atoms with E-state index in [-0.39, 0.29) is 16.9 Å². The second kappa shape index (κ2) is 9.35. The smallest absolute Gasteiger partial charge is 0.253 e. The summed E-state index contributed by atoms with van der Waals surface area (Å²) in [5.41, 5.74) is 2.28. The minimum absolute atomic E-state index is 0.00798. The predicted molar refractivity (Wildman–Crippen MR) is 126 cm³/mol. The maximum Gasteiger partial charge on any atom is 0.253 e. The summed E-state index contributed by atoms with van der Waals surface area (Å²) in [6, 6.07) is 21.4. The highest BCUT2D eigenvalue weighted by Crippen LogP contribution is 2.25. The average molecular weight is 470 g/mol. The van der Waals surface area contributed by atoms with E-state index >= 15 is 0 Å². The first-order valence-corrected chi connectivity index (χ1v) is 12.7. The molecule has 0 atom stereocenters.